The first-order valence-corrected chi connectivity index (χ1v) is 8.78. The number of carbonyl (C=O) groups is 1. The Labute approximate surface area is 128 Å². The Bertz CT molecular complexity index is 358. The zero-order chi connectivity index (χ0) is 15.0. The van der Waals surface area contributed by atoms with Gasteiger partial charge in [-0.1, -0.05) is 13.8 Å². The second-order valence-electron chi connectivity index (χ2n) is 8.22. The van der Waals surface area contributed by atoms with E-state index >= 15 is 0 Å². The molecule has 4 rings (SSSR count). The summed E-state index contributed by atoms with van der Waals surface area (Å²) in [4.78, 5) is 12.5. The van der Waals surface area contributed by atoms with E-state index in [0.717, 1.165) is 24.2 Å². The average molecular weight is 293 g/mol. The third kappa shape index (κ3) is 3.20. The number of hydrogen-bond acceptors (Lipinski definition) is 2. The molecule has 2 amide bonds. The molecule has 4 nitrogen and oxygen atoms in total. The van der Waals surface area contributed by atoms with Crippen LogP contribution in [0, 0.1) is 23.7 Å². The van der Waals surface area contributed by atoms with Gasteiger partial charge in [0.1, 0.15) is 0 Å². The van der Waals surface area contributed by atoms with E-state index in [9.17, 15) is 4.79 Å². The smallest absolute Gasteiger partial charge is 0.315 e. The molecule has 1 unspecified atom stereocenters. The van der Waals surface area contributed by atoms with Gasteiger partial charge in [0.25, 0.3) is 0 Å². The predicted octanol–water partition coefficient (Wildman–Crippen LogP) is 2.63. The molecule has 0 aromatic heterocycles. The van der Waals surface area contributed by atoms with Crippen LogP contribution in [0.3, 0.4) is 0 Å². The molecule has 1 atom stereocenters. The average Bonchev–Trinajstić information content (AvgIpc) is 2.35. The molecule has 0 aromatic carbocycles. The van der Waals surface area contributed by atoms with Crippen LogP contribution in [0.4, 0.5) is 4.79 Å². The Morgan fingerprint density at radius 2 is 1.67 bits per heavy atom. The minimum absolute atomic E-state index is 0.0316. The number of nitrogens with two attached hydrogens (primary N) is 1. The van der Waals surface area contributed by atoms with Crippen LogP contribution in [-0.2, 0) is 0 Å². The van der Waals surface area contributed by atoms with E-state index < -0.39 is 0 Å². The molecule has 0 aromatic rings. The van der Waals surface area contributed by atoms with E-state index in [2.05, 4.69) is 24.5 Å². The lowest BCUT2D eigenvalue weighted by Gasteiger charge is -2.56. The molecule has 4 fully saturated rings. The Morgan fingerprint density at radius 1 is 1.14 bits per heavy atom. The number of rotatable bonds is 5. The predicted molar refractivity (Wildman–Crippen MR) is 84.9 cm³/mol. The zero-order valence-corrected chi connectivity index (χ0v) is 13.5. The number of nitrogens with one attached hydrogen (secondary N) is 2. The lowest BCUT2D eigenvalue weighted by atomic mass is 9.53. The topological polar surface area (TPSA) is 67.1 Å². The molecule has 0 heterocycles. The van der Waals surface area contributed by atoms with Crippen molar-refractivity contribution in [3.63, 3.8) is 0 Å². The van der Waals surface area contributed by atoms with Gasteiger partial charge in [-0.25, -0.2) is 4.79 Å². The number of carbonyl (C=O) groups excluding carboxylic acids is 1. The highest BCUT2D eigenvalue weighted by Crippen LogP contribution is 2.55. The van der Waals surface area contributed by atoms with Gasteiger partial charge in [0.05, 0.1) is 0 Å². The fourth-order valence-corrected chi connectivity index (χ4v) is 5.46. The normalized spacial score (nSPS) is 38.6. The monoisotopic (exact) mass is 293 g/mol. The van der Waals surface area contributed by atoms with E-state index in [1.54, 1.807) is 0 Å². The summed E-state index contributed by atoms with van der Waals surface area (Å²) in [6, 6.07) is 0.216. The summed E-state index contributed by atoms with van der Waals surface area (Å²) in [5.74, 6) is 3.01. The first-order chi connectivity index (χ1) is 9.99. The molecular weight excluding hydrogens is 262 g/mol. The maximum atomic E-state index is 12.5. The molecule has 4 N–H and O–H groups in total. The van der Waals surface area contributed by atoms with Gasteiger partial charge < -0.3 is 16.4 Å². The molecule has 4 saturated carbocycles. The van der Waals surface area contributed by atoms with Gasteiger partial charge in [-0.05, 0) is 75.2 Å². The molecular formula is C17H31N3O. The molecule has 0 saturated heterocycles. The van der Waals surface area contributed by atoms with Crippen molar-refractivity contribution in [1.82, 2.24) is 10.6 Å². The van der Waals surface area contributed by atoms with Crippen LogP contribution in [0.15, 0.2) is 0 Å². The number of hydrogen-bond donors (Lipinski definition) is 3. The molecule has 4 aliphatic carbocycles. The molecule has 0 aliphatic heterocycles. The van der Waals surface area contributed by atoms with Crippen LogP contribution in [0.1, 0.15) is 58.8 Å². The Balaban J connectivity index is 1.59. The van der Waals surface area contributed by atoms with Crippen LogP contribution in [0.25, 0.3) is 0 Å². The Morgan fingerprint density at radius 3 is 2.10 bits per heavy atom. The summed E-state index contributed by atoms with van der Waals surface area (Å²) >= 11 is 0. The van der Waals surface area contributed by atoms with E-state index in [-0.39, 0.29) is 17.6 Å². The van der Waals surface area contributed by atoms with E-state index in [1.807, 2.05) is 0 Å². The van der Waals surface area contributed by atoms with Crippen molar-refractivity contribution in [3.05, 3.63) is 0 Å². The Hall–Kier alpha value is -0.770. The minimum atomic E-state index is 0.0316. The molecule has 4 aliphatic rings. The molecule has 4 bridgehead atoms. The second-order valence-corrected chi connectivity index (χ2v) is 8.22. The van der Waals surface area contributed by atoms with E-state index in [4.69, 9.17) is 5.73 Å². The quantitative estimate of drug-likeness (QED) is 0.729. The standard InChI is InChI=1S/C17H31N3O/c1-11(2)15(3-4-18)19-16(21)20-17-8-12-5-13(9-17)7-14(6-12)10-17/h11-15H,3-10,18H2,1-2H3,(H2,19,20,21). The van der Waals surface area contributed by atoms with Crippen LogP contribution < -0.4 is 16.4 Å². The molecule has 21 heavy (non-hydrogen) atoms. The van der Waals surface area contributed by atoms with Gasteiger partial charge in [0.15, 0.2) is 0 Å². The van der Waals surface area contributed by atoms with Gasteiger partial charge >= 0.3 is 6.03 Å². The fourth-order valence-electron chi connectivity index (χ4n) is 5.46. The van der Waals surface area contributed by atoms with E-state index in [0.29, 0.717) is 12.5 Å². The largest absolute Gasteiger partial charge is 0.335 e. The summed E-state index contributed by atoms with van der Waals surface area (Å²) in [6.07, 6.45) is 8.69. The minimum Gasteiger partial charge on any atom is -0.335 e. The second kappa shape index (κ2) is 5.79. The molecule has 120 valence electrons. The molecule has 4 heteroatoms. The first kappa shape index (κ1) is 15.1. The maximum Gasteiger partial charge on any atom is 0.315 e. The van der Waals surface area contributed by atoms with Crippen molar-refractivity contribution in [2.45, 2.75) is 70.4 Å². The zero-order valence-electron chi connectivity index (χ0n) is 13.5. The van der Waals surface area contributed by atoms with Crippen molar-refractivity contribution in [2.24, 2.45) is 29.4 Å². The summed E-state index contributed by atoms with van der Waals surface area (Å²) < 4.78 is 0. The van der Waals surface area contributed by atoms with Gasteiger partial charge in [-0.3, -0.25) is 0 Å². The van der Waals surface area contributed by atoms with Gasteiger partial charge in [-0.15, -0.1) is 0 Å². The van der Waals surface area contributed by atoms with Gasteiger partial charge in [0, 0.05) is 11.6 Å². The first-order valence-electron chi connectivity index (χ1n) is 8.78. The third-order valence-electron chi connectivity index (χ3n) is 6.02. The van der Waals surface area contributed by atoms with Gasteiger partial charge in [0.2, 0.25) is 0 Å². The van der Waals surface area contributed by atoms with Gasteiger partial charge in [-0.2, -0.15) is 0 Å². The van der Waals surface area contributed by atoms with Crippen LogP contribution in [0.5, 0.6) is 0 Å². The van der Waals surface area contributed by atoms with Crippen LogP contribution in [-0.4, -0.2) is 24.2 Å². The maximum absolute atomic E-state index is 12.5. The van der Waals surface area contributed by atoms with E-state index in [1.165, 1.54) is 38.5 Å². The lowest BCUT2D eigenvalue weighted by Crippen LogP contribution is -2.62. The summed E-state index contributed by atoms with van der Waals surface area (Å²) in [7, 11) is 0. The van der Waals surface area contributed by atoms with Crippen LogP contribution in [0.2, 0.25) is 0 Å². The molecule has 0 spiro atoms. The number of amides is 2. The number of urea groups is 1. The van der Waals surface area contributed by atoms with Crippen molar-refractivity contribution >= 4 is 6.03 Å². The van der Waals surface area contributed by atoms with Crippen molar-refractivity contribution < 1.29 is 4.79 Å². The van der Waals surface area contributed by atoms with Crippen LogP contribution >= 0.6 is 0 Å². The fraction of sp³-hybridized carbons (Fsp3) is 0.941. The summed E-state index contributed by atoms with van der Waals surface area (Å²) in [6.45, 7) is 4.91. The molecule has 0 radical (unpaired) electrons. The highest BCUT2D eigenvalue weighted by Gasteiger charge is 2.51. The highest BCUT2D eigenvalue weighted by atomic mass is 16.2. The van der Waals surface area contributed by atoms with Crippen molar-refractivity contribution in [2.75, 3.05) is 6.54 Å². The van der Waals surface area contributed by atoms with Crippen molar-refractivity contribution in [1.29, 1.82) is 0 Å². The lowest BCUT2D eigenvalue weighted by molar-refractivity contribution is -0.0137. The SMILES string of the molecule is CC(C)C(CCN)NC(=O)NC12CC3CC(CC(C3)C1)C2. The third-order valence-corrected chi connectivity index (χ3v) is 6.02. The summed E-state index contributed by atoms with van der Waals surface area (Å²) in [5.41, 5.74) is 5.76. The highest BCUT2D eigenvalue weighted by molar-refractivity contribution is 5.75. The van der Waals surface area contributed by atoms with Crippen molar-refractivity contribution in [3.8, 4) is 0 Å². The summed E-state index contributed by atoms with van der Waals surface area (Å²) in [5, 5.41) is 6.54. The Kier molecular flexibility index (Phi) is 4.17.